The summed E-state index contributed by atoms with van der Waals surface area (Å²) in [7, 11) is 1.57. The molecular weight excluding hydrogens is 596 g/mol. The largest absolute Gasteiger partial charge is 0.390 e. The first kappa shape index (κ1) is 34.6. The second kappa shape index (κ2) is 15.3. The van der Waals surface area contributed by atoms with E-state index in [1.807, 2.05) is 24.3 Å². The minimum Gasteiger partial charge on any atom is -0.390 e. The van der Waals surface area contributed by atoms with Gasteiger partial charge in [-0.25, -0.2) is 0 Å². The van der Waals surface area contributed by atoms with Crippen molar-refractivity contribution in [1.82, 2.24) is 20.4 Å². The molecule has 0 aromatic heterocycles. The molecule has 10 nitrogen and oxygen atoms in total. The van der Waals surface area contributed by atoms with Crippen LogP contribution in [-0.2, 0) is 20.9 Å². The van der Waals surface area contributed by atoms with Crippen molar-refractivity contribution < 1.29 is 29.0 Å². The number of unbranched alkanes of at least 4 members (excludes halogenated alkanes) is 1. The lowest BCUT2D eigenvalue weighted by molar-refractivity contribution is -0.166. The number of piperazine rings is 1. The Morgan fingerprint density at radius 3 is 2.16 bits per heavy atom. The fourth-order valence-corrected chi connectivity index (χ4v) is 6.72. The summed E-state index contributed by atoms with van der Waals surface area (Å²) >= 11 is 0. The topological polar surface area (TPSA) is 128 Å². The normalized spacial score (nSPS) is 21.1. The van der Waals surface area contributed by atoms with Gasteiger partial charge in [0.2, 0.25) is 11.8 Å². The Kier molecular flexibility index (Phi) is 11.8. The Bertz CT molecular complexity index is 1340. The monoisotopic (exact) mass is 640 g/mol. The van der Waals surface area contributed by atoms with Gasteiger partial charge in [0, 0.05) is 63.1 Å². The van der Waals surface area contributed by atoms with Crippen molar-refractivity contribution in [2.24, 2.45) is 5.92 Å². The van der Waals surface area contributed by atoms with E-state index in [0.29, 0.717) is 81.8 Å². The van der Waals surface area contributed by atoms with Gasteiger partial charge in [-0.3, -0.25) is 24.1 Å². The summed E-state index contributed by atoms with van der Waals surface area (Å²) in [4.78, 5) is 56.4. The quantitative estimate of drug-likeness (QED) is 0.341. The number of likely N-dealkylation sites (tertiary alicyclic amines) is 1. The predicted octanol–water partition coefficient (Wildman–Crippen LogP) is 2.95. The number of aliphatic hydroxyl groups excluding tert-OH is 1. The van der Waals surface area contributed by atoms with Gasteiger partial charge in [0.15, 0.2) is 5.78 Å². The number of piperidine rings is 1. The van der Waals surface area contributed by atoms with E-state index in [0.717, 1.165) is 18.4 Å². The fraction of sp³-hybridized carbons (Fsp3) is 0.529. The highest BCUT2D eigenvalue weighted by molar-refractivity contribution is 6.09. The molecule has 0 radical (unpaired) electrons. The van der Waals surface area contributed by atoms with Crippen LogP contribution in [0, 0.1) is 5.92 Å². The molecule has 2 atom stereocenters. The maximum Gasteiger partial charge on any atom is 0.251 e. The molecule has 3 heterocycles. The number of hydrogen-bond acceptors (Lipinski definition) is 7. The number of aliphatic hydroxyl groups is 1. The Morgan fingerprint density at radius 1 is 1.00 bits per heavy atom. The molecule has 3 amide bonds. The molecular formula is C34H45ClN4O6. The summed E-state index contributed by atoms with van der Waals surface area (Å²) in [5.74, 6) is -0.711. The lowest BCUT2D eigenvalue weighted by atomic mass is 9.79. The standard InChI is InChI=1S/C34H44N4O6.ClH/c1-3-4-17-38-32(42)28(30(40)26-13-20-44-21-14-26)36-33(43)34(38)15-18-37(19-16-34)22-23-5-7-24(8-6-23)29(39)25-9-11-27(12-10-25)31(41)35-2;/h5-12,26,28,30,40H,3-4,13-22H2,1-2H3,(H,35,41)(H,36,43);1H/t28-,30-;/m1./s1. The Labute approximate surface area is 271 Å². The molecule has 3 N–H and O–H groups in total. The van der Waals surface area contributed by atoms with E-state index in [-0.39, 0.29) is 41.8 Å². The van der Waals surface area contributed by atoms with Crippen LogP contribution < -0.4 is 10.6 Å². The highest BCUT2D eigenvalue weighted by Gasteiger charge is 2.55. The predicted molar refractivity (Wildman–Crippen MR) is 172 cm³/mol. The van der Waals surface area contributed by atoms with Gasteiger partial charge in [0.25, 0.3) is 5.91 Å². The minimum absolute atomic E-state index is 0. The van der Waals surface area contributed by atoms with Crippen molar-refractivity contribution in [3.05, 3.63) is 70.8 Å². The van der Waals surface area contributed by atoms with Crippen LogP contribution in [-0.4, -0.2) is 96.0 Å². The number of halogens is 1. The van der Waals surface area contributed by atoms with Crippen LogP contribution in [0.2, 0.25) is 0 Å². The van der Waals surface area contributed by atoms with Crippen LogP contribution >= 0.6 is 12.4 Å². The van der Waals surface area contributed by atoms with Crippen molar-refractivity contribution in [3.63, 3.8) is 0 Å². The van der Waals surface area contributed by atoms with Crippen LogP contribution in [0.25, 0.3) is 0 Å². The maximum atomic E-state index is 13.8. The highest BCUT2D eigenvalue weighted by Crippen LogP contribution is 2.35. The van der Waals surface area contributed by atoms with E-state index in [4.69, 9.17) is 4.74 Å². The molecule has 3 aliphatic rings. The molecule has 3 aliphatic heterocycles. The molecule has 0 aliphatic carbocycles. The van der Waals surface area contributed by atoms with Crippen LogP contribution in [0.15, 0.2) is 48.5 Å². The SMILES string of the molecule is CCCCN1C(=O)[C@@H]([C@H](O)C2CCOCC2)NC(=O)C12CCN(Cc1ccc(C(=O)c3ccc(C(=O)NC)cc3)cc1)CC2.Cl. The van der Waals surface area contributed by atoms with Gasteiger partial charge < -0.3 is 25.4 Å². The molecule has 0 unspecified atom stereocenters. The number of hydrogen-bond donors (Lipinski definition) is 3. The third-order valence-electron chi connectivity index (χ3n) is 9.53. The maximum absolute atomic E-state index is 13.8. The second-order valence-corrected chi connectivity index (χ2v) is 12.2. The van der Waals surface area contributed by atoms with Crippen molar-refractivity contribution in [2.75, 3.05) is 39.9 Å². The second-order valence-electron chi connectivity index (χ2n) is 12.2. The van der Waals surface area contributed by atoms with Gasteiger partial charge in [0.05, 0.1) is 6.10 Å². The van der Waals surface area contributed by atoms with Gasteiger partial charge in [-0.15, -0.1) is 12.4 Å². The number of ether oxygens (including phenoxy) is 1. The summed E-state index contributed by atoms with van der Waals surface area (Å²) in [5.41, 5.74) is 1.73. The number of benzene rings is 2. The van der Waals surface area contributed by atoms with E-state index < -0.39 is 17.7 Å². The average molecular weight is 641 g/mol. The van der Waals surface area contributed by atoms with Crippen LogP contribution in [0.1, 0.15) is 77.3 Å². The number of nitrogens with zero attached hydrogens (tertiary/aromatic N) is 2. The third kappa shape index (κ3) is 7.41. The van der Waals surface area contributed by atoms with Crippen molar-refractivity contribution >= 4 is 35.9 Å². The van der Waals surface area contributed by atoms with E-state index >= 15 is 0 Å². The molecule has 45 heavy (non-hydrogen) atoms. The molecule has 3 fully saturated rings. The molecule has 0 bridgehead atoms. The van der Waals surface area contributed by atoms with Crippen LogP contribution in [0.3, 0.4) is 0 Å². The molecule has 11 heteroatoms. The Hall–Kier alpha value is -3.31. The zero-order valence-corrected chi connectivity index (χ0v) is 26.9. The zero-order valence-electron chi connectivity index (χ0n) is 26.1. The summed E-state index contributed by atoms with van der Waals surface area (Å²) in [6, 6.07) is 13.2. The molecule has 3 saturated heterocycles. The molecule has 5 rings (SSSR count). The molecule has 2 aromatic carbocycles. The zero-order chi connectivity index (χ0) is 31.3. The van der Waals surface area contributed by atoms with E-state index in [2.05, 4.69) is 22.5 Å². The average Bonchev–Trinajstić information content (AvgIpc) is 3.07. The number of amides is 3. The molecule has 0 saturated carbocycles. The van der Waals surface area contributed by atoms with Crippen molar-refractivity contribution in [1.29, 1.82) is 0 Å². The number of rotatable bonds is 10. The van der Waals surface area contributed by atoms with Gasteiger partial charge in [0.1, 0.15) is 11.6 Å². The Morgan fingerprint density at radius 2 is 1.58 bits per heavy atom. The first-order valence-electron chi connectivity index (χ1n) is 15.8. The summed E-state index contributed by atoms with van der Waals surface area (Å²) in [6.45, 7) is 5.65. The summed E-state index contributed by atoms with van der Waals surface area (Å²) in [5, 5.41) is 16.6. The number of ketones is 1. The smallest absolute Gasteiger partial charge is 0.251 e. The third-order valence-corrected chi connectivity index (χ3v) is 9.53. The lowest BCUT2D eigenvalue weighted by Crippen LogP contribution is -2.75. The summed E-state index contributed by atoms with van der Waals surface area (Å²) in [6.07, 6.45) is 3.19. The van der Waals surface area contributed by atoms with Gasteiger partial charge in [-0.05, 0) is 55.7 Å². The fourth-order valence-electron chi connectivity index (χ4n) is 6.72. The highest BCUT2D eigenvalue weighted by atomic mass is 35.5. The molecule has 1 spiro atoms. The molecule has 2 aromatic rings. The number of nitrogens with one attached hydrogen (secondary N) is 2. The van der Waals surface area contributed by atoms with Gasteiger partial charge in [-0.1, -0.05) is 49.7 Å². The lowest BCUT2D eigenvalue weighted by Gasteiger charge is -2.52. The van der Waals surface area contributed by atoms with E-state index in [9.17, 15) is 24.3 Å². The van der Waals surface area contributed by atoms with Crippen molar-refractivity contribution in [2.45, 2.75) is 69.7 Å². The van der Waals surface area contributed by atoms with Gasteiger partial charge in [-0.2, -0.15) is 0 Å². The van der Waals surface area contributed by atoms with Crippen LogP contribution in [0.4, 0.5) is 0 Å². The first-order valence-corrected chi connectivity index (χ1v) is 15.8. The molecule has 244 valence electrons. The van der Waals surface area contributed by atoms with Gasteiger partial charge >= 0.3 is 0 Å². The van der Waals surface area contributed by atoms with E-state index in [1.54, 1.807) is 36.2 Å². The minimum atomic E-state index is -0.923. The van der Waals surface area contributed by atoms with Crippen LogP contribution in [0.5, 0.6) is 0 Å². The van der Waals surface area contributed by atoms with E-state index in [1.165, 1.54) is 0 Å². The number of carbonyl (C=O) groups is 4. The van der Waals surface area contributed by atoms with Crippen molar-refractivity contribution in [3.8, 4) is 0 Å². The first-order chi connectivity index (χ1) is 21.3. The Balaban J connectivity index is 0.00000461. The summed E-state index contributed by atoms with van der Waals surface area (Å²) < 4.78 is 5.43. The number of carbonyl (C=O) groups excluding carboxylic acids is 4.